The van der Waals surface area contributed by atoms with Crippen molar-refractivity contribution in [2.45, 2.75) is 51.6 Å². The van der Waals surface area contributed by atoms with Crippen LogP contribution in [0.2, 0.25) is 0 Å². The second-order valence-electron chi connectivity index (χ2n) is 4.38. The maximum atomic E-state index is 11.8. The lowest BCUT2D eigenvalue weighted by atomic mass is 10.1. The van der Waals surface area contributed by atoms with Crippen LogP contribution in [0.15, 0.2) is 0 Å². The van der Waals surface area contributed by atoms with Crippen molar-refractivity contribution in [1.82, 2.24) is 5.32 Å². The summed E-state index contributed by atoms with van der Waals surface area (Å²) in [6.45, 7) is 3.76. The first-order valence-electron chi connectivity index (χ1n) is 6.39. The van der Waals surface area contributed by atoms with Gasteiger partial charge in [-0.15, -0.1) is 0 Å². The van der Waals surface area contributed by atoms with Gasteiger partial charge in [-0.05, 0) is 19.8 Å². The zero-order chi connectivity index (χ0) is 14.8. The smallest absolute Gasteiger partial charge is 0.328 e. The normalized spacial score (nSPS) is 13.4. The number of primary amides is 1. The van der Waals surface area contributed by atoms with Gasteiger partial charge in [-0.25, -0.2) is 4.79 Å². The topological polar surface area (TPSA) is 125 Å². The standard InChI is InChI=1S/C12H23N3O4/c1-3-4-7-19-12(18)9(5-6-10(14)16)15-11(17)8(2)13/h8-9H,3-7,13H2,1-2H3,(H2,14,16)(H,15,17)/t8?,9-/m1/s1. The average Bonchev–Trinajstić information content (AvgIpc) is 2.33. The highest BCUT2D eigenvalue weighted by molar-refractivity contribution is 5.87. The Bertz CT molecular complexity index is 318. The minimum absolute atomic E-state index is 0.00717. The van der Waals surface area contributed by atoms with E-state index in [1.54, 1.807) is 0 Å². The molecule has 0 aromatic heterocycles. The van der Waals surface area contributed by atoms with E-state index in [0.717, 1.165) is 12.8 Å². The molecule has 7 heteroatoms. The van der Waals surface area contributed by atoms with E-state index in [9.17, 15) is 14.4 Å². The molecule has 1 unspecified atom stereocenters. The molecule has 2 amide bonds. The molecule has 0 saturated heterocycles. The minimum atomic E-state index is -0.886. The molecule has 0 heterocycles. The third-order valence-electron chi connectivity index (χ3n) is 2.44. The van der Waals surface area contributed by atoms with Crippen molar-refractivity contribution in [3.05, 3.63) is 0 Å². The summed E-state index contributed by atoms with van der Waals surface area (Å²) in [5, 5.41) is 2.45. The van der Waals surface area contributed by atoms with E-state index in [-0.39, 0.29) is 19.4 Å². The third kappa shape index (κ3) is 8.15. The number of nitrogens with one attached hydrogen (secondary N) is 1. The number of nitrogens with two attached hydrogens (primary N) is 2. The molecule has 0 aromatic rings. The summed E-state index contributed by atoms with van der Waals surface area (Å²) >= 11 is 0. The summed E-state index contributed by atoms with van der Waals surface area (Å²) < 4.78 is 5.01. The van der Waals surface area contributed by atoms with Gasteiger partial charge in [0.15, 0.2) is 0 Å². The first-order chi connectivity index (χ1) is 8.88. The van der Waals surface area contributed by atoms with Crippen molar-refractivity contribution in [3.8, 4) is 0 Å². The van der Waals surface area contributed by atoms with Crippen molar-refractivity contribution in [2.75, 3.05) is 6.61 Å². The van der Waals surface area contributed by atoms with Gasteiger partial charge in [-0.2, -0.15) is 0 Å². The summed E-state index contributed by atoms with van der Waals surface area (Å²) in [5.41, 5.74) is 10.4. The van der Waals surface area contributed by atoms with Crippen LogP contribution in [-0.4, -0.2) is 36.5 Å². The molecule has 0 rings (SSSR count). The molecule has 110 valence electrons. The number of carbonyl (C=O) groups excluding carboxylic acids is 3. The van der Waals surface area contributed by atoms with Gasteiger partial charge < -0.3 is 21.5 Å². The second-order valence-corrected chi connectivity index (χ2v) is 4.38. The van der Waals surface area contributed by atoms with Crippen molar-refractivity contribution < 1.29 is 19.1 Å². The molecule has 7 nitrogen and oxygen atoms in total. The Morgan fingerprint density at radius 2 is 1.95 bits per heavy atom. The number of ether oxygens (including phenoxy) is 1. The van der Waals surface area contributed by atoms with Gasteiger partial charge in [0, 0.05) is 6.42 Å². The van der Waals surface area contributed by atoms with E-state index in [1.807, 2.05) is 6.92 Å². The average molecular weight is 273 g/mol. The van der Waals surface area contributed by atoms with E-state index in [0.29, 0.717) is 0 Å². The van der Waals surface area contributed by atoms with Gasteiger partial charge in [0.05, 0.1) is 12.6 Å². The molecular formula is C12H23N3O4. The van der Waals surface area contributed by atoms with Crippen LogP contribution in [0.5, 0.6) is 0 Å². The summed E-state index contributed by atoms with van der Waals surface area (Å²) in [7, 11) is 0. The van der Waals surface area contributed by atoms with Gasteiger partial charge >= 0.3 is 5.97 Å². The Hall–Kier alpha value is -1.63. The van der Waals surface area contributed by atoms with Crippen LogP contribution in [0.4, 0.5) is 0 Å². The highest BCUT2D eigenvalue weighted by atomic mass is 16.5. The van der Waals surface area contributed by atoms with Gasteiger partial charge in [-0.1, -0.05) is 13.3 Å². The Kier molecular flexibility index (Phi) is 8.52. The zero-order valence-corrected chi connectivity index (χ0v) is 11.5. The monoisotopic (exact) mass is 273 g/mol. The van der Waals surface area contributed by atoms with Crippen molar-refractivity contribution in [1.29, 1.82) is 0 Å². The quantitative estimate of drug-likeness (QED) is 0.383. The van der Waals surface area contributed by atoms with Crippen molar-refractivity contribution in [2.24, 2.45) is 11.5 Å². The third-order valence-corrected chi connectivity index (χ3v) is 2.44. The second kappa shape index (κ2) is 9.32. The molecule has 19 heavy (non-hydrogen) atoms. The largest absolute Gasteiger partial charge is 0.464 e. The number of unbranched alkanes of at least 4 members (excludes halogenated alkanes) is 1. The van der Waals surface area contributed by atoms with E-state index < -0.39 is 29.9 Å². The van der Waals surface area contributed by atoms with E-state index in [1.165, 1.54) is 6.92 Å². The number of amides is 2. The fourth-order valence-electron chi connectivity index (χ4n) is 1.26. The maximum Gasteiger partial charge on any atom is 0.328 e. The number of hydrogen-bond donors (Lipinski definition) is 3. The Morgan fingerprint density at radius 3 is 2.42 bits per heavy atom. The minimum Gasteiger partial charge on any atom is -0.464 e. The molecule has 0 radical (unpaired) electrons. The molecule has 0 spiro atoms. The lowest BCUT2D eigenvalue weighted by Gasteiger charge is -2.18. The maximum absolute atomic E-state index is 11.8. The molecule has 0 aliphatic heterocycles. The molecule has 0 saturated carbocycles. The zero-order valence-electron chi connectivity index (χ0n) is 11.5. The summed E-state index contributed by atoms with van der Waals surface area (Å²) in [6, 6.07) is -1.62. The van der Waals surface area contributed by atoms with Crippen LogP contribution >= 0.6 is 0 Å². The first-order valence-corrected chi connectivity index (χ1v) is 6.39. The van der Waals surface area contributed by atoms with Crippen LogP contribution in [-0.2, 0) is 19.1 Å². The molecule has 5 N–H and O–H groups in total. The van der Waals surface area contributed by atoms with Gasteiger partial charge in [0.25, 0.3) is 0 Å². The van der Waals surface area contributed by atoms with Gasteiger partial charge in [-0.3, -0.25) is 9.59 Å². The fourth-order valence-corrected chi connectivity index (χ4v) is 1.26. The van der Waals surface area contributed by atoms with Crippen LogP contribution in [0, 0.1) is 0 Å². The Labute approximate surface area is 113 Å². The SMILES string of the molecule is CCCCOC(=O)[C@@H](CCC(N)=O)NC(=O)C(C)N. The highest BCUT2D eigenvalue weighted by Gasteiger charge is 2.23. The predicted octanol–water partition coefficient (Wildman–Crippen LogP) is -0.573. The van der Waals surface area contributed by atoms with E-state index in [2.05, 4.69) is 5.32 Å². The lowest BCUT2D eigenvalue weighted by molar-refractivity contribution is -0.148. The molecule has 0 aromatic carbocycles. The predicted molar refractivity (Wildman–Crippen MR) is 69.9 cm³/mol. The molecule has 0 aliphatic rings. The van der Waals surface area contributed by atoms with E-state index in [4.69, 9.17) is 16.2 Å². The molecule has 0 fully saturated rings. The number of hydrogen-bond acceptors (Lipinski definition) is 5. The lowest BCUT2D eigenvalue weighted by Crippen LogP contribution is -2.48. The molecule has 2 atom stereocenters. The van der Waals surface area contributed by atoms with Crippen LogP contribution < -0.4 is 16.8 Å². The van der Waals surface area contributed by atoms with Gasteiger partial charge in [0.2, 0.25) is 11.8 Å². The van der Waals surface area contributed by atoms with Crippen LogP contribution in [0.3, 0.4) is 0 Å². The fraction of sp³-hybridized carbons (Fsp3) is 0.750. The number of esters is 1. The summed E-state index contributed by atoms with van der Waals surface area (Å²) in [6.07, 6.45) is 1.74. The van der Waals surface area contributed by atoms with Crippen LogP contribution in [0.1, 0.15) is 39.5 Å². The number of rotatable bonds is 9. The molecular weight excluding hydrogens is 250 g/mol. The number of carbonyl (C=O) groups is 3. The first kappa shape index (κ1) is 17.4. The highest BCUT2D eigenvalue weighted by Crippen LogP contribution is 2.02. The summed E-state index contributed by atoms with van der Waals surface area (Å²) in [4.78, 5) is 34.0. The van der Waals surface area contributed by atoms with Crippen LogP contribution in [0.25, 0.3) is 0 Å². The molecule has 0 bridgehead atoms. The Morgan fingerprint density at radius 1 is 1.32 bits per heavy atom. The molecule has 0 aliphatic carbocycles. The van der Waals surface area contributed by atoms with Crippen molar-refractivity contribution >= 4 is 17.8 Å². The van der Waals surface area contributed by atoms with E-state index >= 15 is 0 Å². The summed E-state index contributed by atoms with van der Waals surface area (Å²) in [5.74, 6) is -1.58. The Balaban J connectivity index is 4.42. The van der Waals surface area contributed by atoms with Crippen molar-refractivity contribution in [3.63, 3.8) is 0 Å². The van der Waals surface area contributed by atoms with Gasteiger partial charge in [0.1, 0.15) is 6.04 Å².